The maximum atomic E-state index is 14.5. The molecule has 11 heteroatoms. The zero-order chi connectivity index (χ0) is 25.1. The van der Waals surface area contributed by atoms with Gasteiger partial charge in [0.1, 0.15) is 17.6 Å². The summed E-state index contributed by atoms with van der Waals surface area (Å²) in [5, 5.41) is 14.0. The number of aromatic nitrogens is 4. The topological polar surface area (TPSA) is 108 Å². The third-order valence-electron chi connectivity index (χ3n) is 6.14. The molecule has 1 fully saturated rings. The maximum absolute atomic E-state index is 14.5. The fraction of sp³-hybridized carbons (Fsp3) is 0.280. The summed E-state index contributed by atoms with van der Waals surface area (Å²) in [5.74, 6) is -0.656. The smallest absolute Gasteiger partial charge is 0.324 e. The first-order valence-corrected chi connectivity index (χ1v) is 11.9. The first-order chi connectivity index (χ1) is 17.5. The molecule has 1 unspecified atom stereocenters. The normalized spacial score (nSPS) is 16.2. The van der Waals surface area contributed by atoms with Gasteiger partial charge in [-0.25, -0.2) is 9.37 Å². The van der Waals surface area contributed by atoms with Crippen molar-refractivity contribution in [2.24, 2.45) is 0 Å². The molecule has 1 atom stereocenters. The van der Waals surface area contributed by atoms with Crippen molar-refractivity contribution < 1.29 is 13.9 Å². The summed E-state index contributed by atoms with van der Waals surface area (Å²) in [5.41, 5.74) is 4.31. The van der Waals surface area contributed by atoms with Gasteiger partial charge in [0.2, 0.25) is 0 Å². The molecule has 0 amide bonds. The maximum Gasteiger partial charge on any atom is 0.324 e. The molecule has 0 radical (unpaired) electrons. The highest BCUT2D eigenvalue weighted by Gasteiger charge is 2.25. The number of nitrogens with one attached hydrogen (secondary N) is 3. The summed E-state index contributed by atoms with van der Waals surface area (Å²) in [6, 6.07) is 9.71. The van der Waals surface area contributed by atoms with E-state index in [4.69, 9.17) is 21.3 Å². The van der Waals surface area contributed by atoms with Crippen LogP contribution in [0.3, 0.4) is 0 Å². The Balaban J connectivity index is 1.31. The van der Waals surface area contributed by atoms with Crippen molar-refractivity contribution in [3.8, 4) is 22.5 Å². The number of fused-ring (bicyclic) bond motifs is 1. The van der Waals surface area contributed by atoms with E-state index in [2.05, 4.69) is 30.7 Å². The summed E-state index contributed by atoms with van der Waals surface area (Å²) < 4.78 is 19.3. The predicted octanol–water partition coefficient (Wildman–Crippen LogP) is 3.34. The predicted molar refractivity (Wildman–Crippen MR) is 136 cm³/mol. The lowest BCUT2D eigenvalue weighted by atomic mass is 10.0. The van der Waals surface area contributed by atoms with Gasteiger partial charge in [0.15, 0.2) is 0 Å². The van der Waals surface area contributed by atoms with Crippen LogP contribution in [-0.2, 0) is 9.53 Å². The number of halogens is 2. The van der Waals surface area contributed by atoms with E-state index in [-0.39, 0.29) is 12.0 Å². The summed E-state index contributed by atoms with van der Waals surface area (Å²) in [4.78, 5) is 23.3. The Kier molecular flexibility index (Phi) is 7.08. The van der Waals surface area contributed by atoms with E-state index in [1.165, 1.54) is 19.2 Å². The van der Waals surface area contributed by atoms with Gasteiger partial charge in [-0.05, 0) is 36.4 Å². The first kappa shape index (κ1) is 24.1. The van der Waals surface area contributed by atoms with E-state index in [9.17, 15) is 9.18 Å². The van der Waals surface area contributed by atoms with Crippen LogP contribution in [0.25, 0.3) is 33.5 Å². The lowest BCUT2D eigenvalue weighted by Gasteiger charge is -2.32. The number of hydrogen-bond acceptors (Lipinski definition) is 8. The minimum Gasteiger partial charge on any atom is -0.468 e. The number of carbonyl (C=O) groups is 1. The molecule has 3 aromatic heterocycles. The Labute approximate surface area is 212 Å². The number of ether oxygens (including phenoxy) is 1. The van der Waals surface area contributed by atoms with E-state index in [0.29, 0.717) is 46.1 Å². The molecule has 5 rings (SSSR count). The average Bonchev–Trinajstić information content (AvgIpc) is 3.39. The van der Waals surface area contributed by atoms with Gasteiger partial charge >= 0.3 is 5.97 Å². The van der Waals surface area contributed by atoms with Gasteiger partial charge in [-0.2, -0.15) is 5.10 Å². The minimum atomic E-state index is -0.413. The van der Waals surface area contributed by atoms with Crippen molar-refractivity contribution in [2.45, 2.75) is 6.04 Å². The Morgan fingerprint density at radius 1 is 1.25 bits per heavy atom. The Bertz CT molecular complexity index is 1400. The highest BCUT2D eigenvalue weighted by molar-refractivity contribution is 6.30. The van der Waals surface area contributed by atoms with Crippen molar-refractivity contribution in [1.29, 1.82) is 0 Å². The number of piperazine rings is 1. The van der Waals surface area contributed by atoms with Gasteiger partial charge in [0.05, 0.1) is 35.7 Å². The van der Waals surface area contributed by atoms with Gasteiger partial charge in [0.25, 0.3) is 0 Å². The summed E-state index contributed by atoms with van der Waals surface area (Å²) in [7, 11) is 1.40. The number of hydrogen-bond donors (Lipinski definition) is 3. The average molecular weight is 510 g/mol. The molecule has 0 bridgehead atoms. The molecule has 0 aliphatic carbocycles. The third-order valence-corrected chi connectivity index (χ3v) is 6.37. The number of benzene rings is 1. The monoisotopic (exact) mass is 509 g/mol. The number of H-pyrrole nitrogens is 1. The number of anilines is 1. The number of aromatic amines is 1. The Morgan fingerprint density at radius 3 is 3.00 bits per heavy atom. The lowest BCUT2D eigenvalue weighted by molar-refractivity contribution is -0.144. The molecule has 1 saturated heterocycles. The van der Waals surface area contributed by atoms with Crippen molar-refractivity contribution in [2.75, 3.05) is 45.2 Å². The van der Waals surface area contributed by atoms with Crippen molar-refractivity contribution in [3.63, 3.8) is 0 Å². The van der Waals surface area contributed by atoms with E-state index in [1.807, 2.05) is 18.2 Å². The SMILES string of the molecule is COC(=O)C1CN(CCNc2cnc3ccc(-c4c[nH]nc4-c4cc(Cl)ccc4F)nc3c2)CCN1. The van der Waals surface area contributed by atoms with E-state index >= 15 is 0 Å². The number of rotatable bonds is 7. The van der Waals surface area contributed by atoms with Crippen LogP contribution < -0.4 is 10.6 Å². The Hall–Kier alpha value is -3.60. The molecule has 36 heavy (non-hydrogen) atoms. The van der Waals surface area contributed by atoms with Crippen LogP contribution in [0.4, 0.5) is 10.1 Å². The van der Waals surface area contributed by atoms with Crippen LogP contribution in [0, 0.1) is 5.82 Å². The summed E-state index contributed by atoms with van der Waals surface area (Å²) in [6.45, 7) is 3.65. The third kappa shape index (κ3) is 5.15. The van der Waals surface area contributed by atoms with Gasteiger partial charge in [-0.15, -0.1) is 0 Å². The first-order valence-electron chi connectivity index (χ1n) is 11.6. The zero-order valence-electron chi connectivity index (χ0n) is 19.6. The largest absolute Gasteiger partial charge is 0.468 e. The molecule has 1 aliphatic heterocycles. The number of nitrogens with zero attached hydrogens (tertiary/aromatic N) is 4. The number of methoxy groups -OCH3 is 1. The van der Waals surface area contributed by atoms with Crippen LogP contribution in [0.15, 0.2) is 48.8 Å². The van der Waals surface area contributed by atoms with E-state index in [1.54, 1.807) is 18.5 Å². The van der Waals surface area contributed by atoms with Gasteiger partial charge in [0, 0.05) is 55.1 Å². The van der Waals surface area contributed by atoms with Crippen LogP contribution in [-0.4, -0.2) is 76.9 Å². The van der Waals surface area contributed by atoms with Crippen LogP contribution >= 0.6 is 11.6 Å². The molecule has 3 N–H and O–H groups in total. The second kappa shape index (κ2) is 10.6. The number of pyridine rings is 2. The molecule has 9 nitrogen and oxygen atoms in total. The van der Waals surface area contributed by atoms with Gasteiger partial charge < -0.3 is 15.4 Å². The van der Waals surface area contributed by atoms with Crippen molar-refractivity contribution >= 4 is 34.3 Å². The second-order valence-corrected chi connectivity index (χ2v) is 8.92. The molecule has 1 aliphatic rings. The van der Waals surface area contributed by atoms with Crippen LogP contribution in [0.2, 0.25) is 5.02 Å². The molecule has 0 spiro atoms. The summed E-state index contributed by atoms with van der Waals surface area (Å²) >= 11 is 6.08. The molecule has 4 heterocycles. The van der Waals surface area contributed by atoms with Gasteiger partial charge in [-0.3, -0.25) is 19.8 Å². The van der Waals surface area contributed by atoms with Crippen molar-refractivity contribution in [1.82, 2.24) is 30.4 Å². The number of esters is 1. The molecular formula is C25H25ClFN7O2. The fourth-order valence-electron chi connectivity index (χ4n) is 4.30. The van der Waals surface area contributed by atoms with Crippen LogP contribution in [0.1, 0.15) is 0 Å². The zero-order valence-corrected chi connectivity index (χ0v) is 20.3. The molecule has 186 valence electrons. The molecule has 4 aromatic rings. The van der Waals surface area contributed by atoms with Crippen LogP contribution in [0.5, 0.6) is 0 Å². The lowest BCUT2D eigenvalue weighted by Crippen LogP contribution is -2.55. The highest BCUT2D eigenvalue weighted by atomic mass is 35.5. The van der Waals surface area contributed by atoms with E-state index in [0.717, 1.165) is 30.8 Å². The van der Waals surface area contributed by atoms with Gasteiger partial charge in [-0.1, -0.05) is 11.6 Å². The molecule has 1 aromatic carbocycles. The number of carbonyl (C=O) groups excluding carboxylic acids is 1. The quantitative estimate of drug-likeness (QED) is 0.326. The minimum absolute atomic E-state index is 0.243. The standard InChI is InChI=1S/C25H25ClFN7O2/c1-36-25(35)23-14-34(9-7-29-23)8-6-28-16-11-22-21(30-12-16)5-4-20(32-22)18-13-31-33-24(18)17-10-15(26)2-3-19(17)27/h2-5,10-13,23,28-29H,6-9,14H2,1H3,(H,31,33). The Morgan fingerprint density at radius 2 is 2.14 bits per heavy atom. The molecular weight excluding hydrogens is 485 g/mol. The molecule has 0 saturated carbocycles. The fourth-order valence-corrected chi connectivity index (χ4v) is 4.47. The van der Waals surface area contributed by atoms with Crippen molar-refractivity contribution in [3.05, 3.63) is 59.6 Å². The van der Waals surface area contributed by atoms with E-state index < -0.39 is 5.82 Å². The highest BCUT2D eigenvalue weighted by Crippen LogP contribution is 2.33. The summed E-state index contributed by atoms with van der Waals surface area (Å²) in [6.07, 6.45) is 3.46. The second-order valence-electron chi connectivity index (χ2n) is 8.49.